The number of carbonyl (C=O) groups excluding carboxylic acids is 1. The number of methoxy groups -OCH3 is 1. The number of hydrogen-bond acceptors (Lipinski definition) is 4. The van der Waals surface area contributed by atoms with Gasteiger partial charge in [-0.1, -0.05) is 24.3 Å². The average Bonchev–Trinajstić information content (AvgIpc) is 2.27. The molecule has 0 aromatic heterocycles. The molecule has 0 spiro atoms. The summed E-state index contributed by atoms with van der Waals surface area (Å²) >= 11 is 0. The molecular weight excluding hydrogens is 194 g/mol. The summed E-state index contributed by atoms with van der Waals surface area (Å²) in [6, 6.07) is 7.77. The molecule has 0 radical (unpaired) electrons. The first-order chi connectivity index (χ1) is 7.26. The molecule has 0 unspecified atom stereocenters. The molecule has 4 nitrogen and oxygen atoms in total. The third kappa shape index (κ3) is 4.10. The highest BCUT2D eigenvalue weighted by molar-refractivity contribution is 5.69. The van der Waals surface area contributed by atoms with Crippen LogP contribution in [-0.2, 0) is 27.4 Å². The standard InChI is InChI=1S/C11H15NO3/c1-14-11(13)6-5-9-3-2-4-10(7-9)8-15-12/h2-4,7H,5-6,8,12H2,1H3. The van der Waals surface area contributed by atoms with E-state index in [1.165, 1.54) is 7.11 Å². The highest BCUT2D eigenvalue weighted by Crippen LogP contribution is 2.08. The fourth-order valence-corrected chi connectivity index (χ4v) is 1.32. The number of hydrogen-bond donors (Lipinski definition) is 1. The van der Waals surface area contributed by atoms with Crippen molar-refractivity contribution in [1.29, 1.82) is 0 Å². The second kappa shape index (κ2) is 6.16. The van der Waals surface area contributed by atoms with E-state index in [1.807, 2.05) is 24.3 Å². The number of benzene rings is 1. The predicted octanol–water partition coefficient (Wildman–Crippen LogP) is 1.18. The average molecular weight is 209 g/mol. The van der Waals surface area contributed by atoms with E-state index in [0.29, 0.717) is 19.4 Å². The number of esters is 1. The van der Waals surface area contributed by atoms with Gasteiger partial charge in [0.15, 0.2) is 0 Å². The van der Waals surface area contributed by atoms with Gasteiger partial charge in [-0.3, -0.25) is 9.63 Å². The SMILES string of the molecule is COC(=O)CCc1cccc(CON)c1. The van der Waals surface area contributed by atoms with Crippen molar-refractivity contribution in [3.05, 3.63) is 35.4 Å². The minimum Gasteiger partial charge on any atom is -0.469 e. The zero-order chi connectivity index (χ0) is 11.1. The number of rotatable bonds is 5. The first kappa shape index (κ1) is 11.7. The smallest absolute Gasteiger partial charge is 0.305 e. The molecule has 0 amide bonds. The van der Waals surface area contributed by atoms with Crippen LogP contribution in [0.1, 0.15) is 17.5 Å². The van der Waals surface area contributed by atoms with Crippen LogP contribution in [-0.4, -0.2) is 13.1 Å². The Labute approximate surface area is 88.9 Å². The van der Waals surface area contributed by atoms with Crippen LogP contribution in [0.25, 0.3) is 0 Å². The van der Waals surface area contributed by atoms with Crippen molar-refractivity contribution in [3.63, 3.8) is 0 Å². The molecule has 0 aliphatic carbocycles. The Hall–Kier alpha value is -1.39. The normalized spacial score (nSPS) is 10.0. The minimum absolute atomic E-state index is 0.199. The Balaban J connectivity index is 2.53. The van der Waals surface area contributed by atoms with Crippen molar-refractivity contribution in [2.75, 3.05) is 7.11 Å². The Kier molecular flexibility index (Phi) is 4.80. The Morgan fingerprint density at radius 2 is 2.13 bits per heavy atom. The zero-order valence-corrected chi connectivity index (χ0v) is 8.73. The van der Waals surface area contributed by atoms with Gasteiger partial charge in [0.05, 0.1) is 13.7 Å². The third-order valence-electron chi connectivity index (χ3n) is 2.09. The monoisotopic (exact) mass is 209 g/mol. The molecule has 2 N–H and O–H groups in total. The summed E-state index contributed by atoms with van der Waals surface area (Å²) in [6.45, 7) is 0.381. The lowest BCUT2D eigenvalue weighted by molar-refractivity contribution is -0.140. The second-order valence-corrected chi connectivity index (χ2v) is 3.21. The number of carbonyl (C=O) groups is 1. The van der Waals surface area contributed by atoms with Gasteiger partial charge in [-0.2, -0.15) is 0 Å². The summed E-state index contributed by atoms with van der Waals surface area (Å²) < 4.78 is 4.57. The quantitative estimate of drug-likeness (QED) is 0.584. The molecule has 1 aromatic carbocycles. The van der Waals surface area contributed by atoms with Crippen LogP contribution in [0.5, 0.6) is 0 Å². The van der Waals surface area contributed by atoms with Crippen molar-refractivity contribution < 1.29 is 14.4 Å². The van der Waals surface area contributed by atoms with E-state index in [0.717, 1.165) is 11.1 Å². The van der Waals surface area contributed by atoms with Gasteiger partial charge >= 0.3 is 5.97 Å². The Morgan fingerprint density at radius 3 is 2.80 bits per heavy atom. The van der Waals surface area contributed by atoms with Crippen LogP contribution in [0.3, 0.4) is 0 Å². The van der Waals surface area contributed by atoms with E-state index in [2.05, 4.69) is 9.57 Å². The summed E-state index contributed by atoms with van der Waals surface area (Å²) in [5.74, 6) is 4.78. The first-order valence-corrected chi connectivity index (χ1v) is 4.72. The van der Waals surface area contributed by atoms with Crippen molar-refractivity contribution in [3.8, 4) is 0 Å². The molecule has 0 heterocycles. The van der Waals surface area contributed by atoms with E-state index in [4.69, 9.17) is 5.90 Å². The van der Waals surface area contributed by atoms with Gasteiger partial charge in [0.2, 0.25) is 0 Å². The lowest BCUT2D eigenvalue weighted by Gasteiger charge is -2.03. The lowest BCUT2D eigenvalue weighted by Crippen LogP contribution is -2.03. The van der Waals surface area contributed by atoms with E-state index in [-0.39, 0.29) is 5.97 Å². The van der Waals surface area contributed by atoms with Gasteiger partial charge in [0, 0.05) is 6.42 Å². The van der Waals surface area contributed by atoms with Crippen LogP contribution in [0, 0.1) is 0 Å². The van der Waals surface area contributed by atoms with Crippen molar-refractivity contribution in [2.24, 2.45) is 5.90 Å². The number of aryl methyl sites for hydroxylation is 1. The van der Waals surface area contributed by atoms with Crippen LogP contribution in [0.4, 0.5) is 0 Å². The maximum absolute atomic E-state index is 10.9. The molecule has 1 rings (SSSR count). The summed E-state index contributed by atoms with van der Waals surface area (Å²) in [5, 5.41) is 0. The molecule has 0 saturated heterocycles. The molecule has 1 aromatic rings. The fourth-order valence-electron chi connectivity index (χ4n) is 1.32. The second-order valence-electron chi connectivity index (χ2n) is 3.21. The van der Waals surface area contributed by atoms with E-state index in [9.17, 15) is 4.79 Å². The topological polar surface area (TPSA) is 61.5 Å². The molecule has 0 bridgehead atoms. The predicted molar refractivity (Wildman–Crippen MR) is 55.8 cm³/mol. The van der Waals surface area contributed by atoms with Crippen LogP contribution >= 0.6 is 0 Å². The van der Waals surface area contributed by atoms with Gasteiger partial charge in [-0.25, -0.2) is 5.90 Å². The molecule has 0 fully saturated rings. The van der Waals surface area contributed by atoms with Gasteiger partial charge in [-0.05, 0) is 17.5 Å². The van der Waals surface area contributed by atoms with E-state index < -0.39 is 0 Å². The molecule has 0 atom stereocenters. The number of nitrogens with two attached hydrogens (primary N) is 1. The van der Waals surface area contributed by atoms with Gasteiger partial charge in [-0.15, -0.1) is 0 Å². The van der Waals surface area contributed by atoms with E-state index in [1.54, 1.807) is 0 Å². The van der Waals surface area contributed by atoms with Crippen molar-refractivity contribution in [2.45, 2.75) is 19.4 Å². The fraction of sp³-hybridized carbons (Fsp3) is 0.364. The van der Waals surface area contributed by atoms with Gasteiger partial charge < -0.3 is 4.74 Å². The summed E-state index contributed by atoms with van der Waals surface area (Å²) in [7, 11) is 1.39. The summed E-state index contributed by atoms with van der Waals surface area (Å²) in [4.78, 5) is 15.5. The maximum atomic E-state index is 10.9. The molecule has 4 heteroatoms. The highest BCUT2D eigenvalue weighted by Gasteiger charge is 2.02. The molecule has 0 aliphatic heterocycles. The molecular formula is C11H15NO3. The van der Waals surface area contributed by atoms with Crippen LogP contribution < -0.4 is 5.90 Å². The van der Waals surface area contributed by atoms with Crippen LogP contribution in [0.15, 0.2) is 24.3 Å². The summed E-state index contributed by atoms with van der Waals surface area (Å²) in [6.07, 6.45) is 1.06. The third-order valence-corrected chi connectivity index (χ3v) is 2.09. The molecule has 82 valence electrons. The van der Waals surface area contributed by atoms with Gasteiger partial charge in [0.1, 0.15) is 0 Å². The summed E-state index contributed by atoms with van der Waals surface area (Å²) in [5.41, 5.74) is 2.08. The van der Waals surface area contributed by atoms with Crippen LogP contribution in [0.2, 0.25) is 0 Å². The molecule has 0 aliphatic rings. The lowest BCUT2D eigenvalue weighted by atomic mass is 10.1. The Bertz CT molecular complexity index is 325. The highest BCUT2D eigenvalue weighted by atomic mass is 16.6. The number of ether oxygens (including phenoxy) is 1. The molecule has 15 heavy (non-hydrogen) atoms. The van der Waals surface area contributed by atoms with Crippen molar-refractivity contribution >= 4 is 5.97 Å². The maximum Gasteiger partial charge on any atom is 0.305 e. The largest absolute Gasteiger partial charge is 0.469 e. The Morgan fingerprint density at radius 1 is 1.40 bits per heavy atom. The molecule has 0 saturated carbocycles. The first-order valence-electron chi connectivity index (χ1n) is 4.72. The van der Waals surface area contributed by atoms with E-state index >= 15 is 0 Å². The minimum atomic E-state index is -0.199. The zero-order valence-electron chi connectivity index (χ0n) is 8.73. The van der Waals surface area contributed by atoms with Gasteiger partial charge in [0.25, 0.3) is 0 Å². The van der Waals surface area contributed by atoms with Crippen molar-refractivity contribution in [1.82, 2.24) is 0 Å².